The molecule has 0 aliphatic heterocycles. The van der Waals surface area contributed by atoms with Crippen molar-refractivity contribution >= 4 is 24.5 Å². The Balaban J connectivity index is 2.61. The van der Waals surface area contributed by atoms with Crippen LogP contribution in [0.3, 0.4) is 0 Å². The van der Waals surface area contributed by atoms with Crippen molar-refractivity contribution in [1.29, 1.82) is 0 Å². The molecule has 48 valence electrons. The topological polar surface area (TPSA) is 0 Å². The Bertz CT molecular complexity index is 157. The molecule has 0 saturated heterocycles. The van der Waals surface area contributed by atoms with Gasteiger partial charge in [-0.1, -0.05) is 0 Å². The summed E-state index contributed by atoms with van der Waals surface area (Å²) in [6.45, 7) is 2.26. The Kier molecular flexibility index (Phi) is 3.11. The van der Waals surface area contributed by atoms with Crippen LogP contribution in [0.25, 0.3) is 0 Å². The molecule has 0 spiro atoms. The van der Waals surface area contributed by atoms with Crippen molar-refractivity contribution in [3.8, 4) is 0 Å². The zero-order valence-corrected chi connectivity index (χ0v) is 7.83. The first-order chi connectivity index (χ1) is 4.43. The predicted molar refractivity (Wildman–Crippen MR) is 42.3 cm³/mol. The van der Waals surface area contributed by atoms with Crippen LogP contribution in [-0.2, 0) is 0 Å². The normalized spacial score (nSPS) is 9.44. The Morgan fingerprint density at radius 2 is 1.89 bits per heavy atom. The van der Waals surface area contributed by atoms with Crippen LogP contribution in [0.5, 0.6) is 0 Å². The number of benzene rings is 1. The van der Waals surface area contributed by atoms with Crippen LogP contribution >= 0.6 is 0 Å². The summed E-state index contributed by atoms with van der Waals surface area (Å²) in [7, 11) is 0. The summed E-state index contributed by atoms with van der Waals surface area (Å²) in [5, 5.41) is 0. The van der Waals surface area contributed by atoms with Crippen molar-refractivity contribution in [2.24, 2.45) is 0 Å². The van der Waals surface area contributed by atoms with Crippen LogP contribution in [0.1, 0.15) is 6.92 Å². The van der Waals surface area contributed by atoms with Crippen molar-refractivity contribution in [2.45, 2.75) is 11.4 Å². The molecule has 0 N–H and O–H groups in total. The van der Waals surface area contributed by atoms with Gasteiger partial charge in [-0.05, 0) is 0 Å². The second-order valence-corrected chi connectivity index (χ2v) is 5.56. The van der Waals surface area contributed by atoms with E-state index in [0.29, 0.717) is 0 Å². The van der Waals surface area contributed by atoms with Gasteiger partial charge in [-0.3, -0.25) is 0 Å². The minimum absolute atomic E-state index is 0.170. The molecule has 0 amide bonds. The van der Waals surface area contributed by atoms with Crippen LogP contribution in [0, 0.1) is 0 Å². The molecular formula is C8H10Te. The summed E-state index contributed by atoms with van der Waals surface area (Å²) >= 11 is 0.170. The summed E-state index contributed by atoms with van der Waals surface area (Å²) in [4.78, 5) is 0. The fourth-order valence-electron chi connectivity index (χ4n) is 0.683. The molecule has 1 aromatic rings. The fraction of sp³-hybridized carbons (Fsp3) is 0.250. The van der Waals surface area contributed by atoms with Crippen LogP contribution in [0.4, 0.5) is 0 Å². The van der Waals surface area contributed by atoms with Crippen molar-refractivity contribution < 1.29 is 0 Å². The van der Waals surface area contributed by atoms with Gasteiger partial charge < -0.3 is 0 Å². The summed E-state index contributed by atoms with van der Waals surface area (Å²) in [5.74, 6) is 0. The van der Waals surface area contributed by atoms with E-state index in [4.69, 9.17) is 0 Å². The summed E-state index contributed by atoms with van der Waals surface area (Å²) in [5.41, 5.74) is 0. The molecule has 1 heteroatoms. The van der Waals surface area contributed by atoms with E-state index in [0.717, 1.165) is 0 Å². The van der Waals surface area contributed by atoms with Gasteiger partial charge in [0.1, 0.15) is 0 Å². The molecule has 0 bridgehead atoms. The molecular weight excluding hydrogens is 224 g/mol. The molecule has 0 heterocycles. The van der Waals surface area contributed by atoms with Crippen LogP contribution in [0.15, 0.2) is 30.3 Å². The van der Waals surface area contributed by atoms with Crippen molar-refractivity contribution in [3.63, 3.8) is 0 Å². The maximum atomic E-state index is 2.26. The first kappa shape index (κ1) is 7.12. The van der Waals surface area contributed by atoms with E-state index in [-0.39, 0.29) is 20.9 Å². The molecule has 1 aromatic carbocycles. The quantitative estimate of drug-likeness (QED) is 0.679. The fourth-order valence-corrected chi connectivity index (χ4v) is 2.63. The van der Waals surface area contributed by atoms with Gasteiger partial charge in [-0.15, -0.1) is 0 Å². The third-order valence-electron chi connectivity index (χ3n) is 1.05. The monoisotopic (exact) mass is 236 g/mol. The molecule has 0 aliphatic carbocycles. The van der Waals surface area contributed by atoms with Crippen molar-refractivity contribution in [3.05, 3.63) is 30.3 Å². The molecule has 1 rings (SSSR count). The van der Waals surface area contributed by atoms with Gasteiger partial charge in [0.2, 0.25) is 0 Å². The Morgan fingerprint density at radius 3 is 2.44 bits per heavy atom. The van der Waals surface area contributed by atoms with E-state index >= 15 is 0 Å². The van der Waals surface area contributed by atoms with Crippen LogP contribution in [-0.4, -0.2) is 20.9 Å². The third kappa shape index (κ3) is 2.39. The SMILES string of the molecule is CC[Te]c1ccccc1. The van der Waals surface area contributed by atoms with Crippen LogP contribution < -0.4 is 3.61 Å². The van der Waals surface area contributed by atoms with Crippen molar-refractivity contribution in [1.82, 2.24) is 0 Å². The van der Waals surface area contributed by atoms with E-state index in [1.807, 2.05) is 0 Å². The third-order valence-corrected chi connectivity index (χ3v) is 3.61. The second kappa shape index (κ2) is 3.93. The van der Waals surface area contributed by atoms with E-state index in [1.54, 1.807) is 3.61 Å². The molecule has 9 heavy (non-hydrogen) atoms. The molecule has 0 aliphatic rings. The molecule has 0 atom stereocenters. The Hall–Kier alpha value is 0.00961. The van der Waals surface area contributed by atoms with E-state index in [1.165, 1.54) is 4.47 Å². The zero-order valence-electron chi connectivity index (χ0n) is 5.50. The molecule has 0 unspecified atom stereocenters. The number of hydrogen-bond donors (Lipinski definition) is 0. The molecule has 0 radical (unpaired) electrons. The van der Waals surface area contributed by atoms with Gasteiger partial charge in [-0.25, -0.2) is 0 Å². The Morgan fingerprint density at radius 1 is 1.22 bits per heavy atom. The predicted octanol–water partition coefficient (Wildman–Crippen LogP) is 1.45. The van der Waals surface area contributed by atoms with E-state index in [9.17, 15) is 0 Å². The minimum atomic E-state index is 0.170. The standard InChI is InChI=1S/C8H10Te/c1-2-9-8-6-4-3-5-7-8/h3-7H,2H2,1H3. The van der Waals surface area contributed by atoms with Gasteiger partial charge in [0.25, 0.3) is 0 Å². The summed E-state index contributed by atoms with van der Waals surface area (Å²) < 4.78 is 2.94. The molecule has 0 saturated carbocycles. The summed E-state index contributed by atoms with van der Waals surface area (Å²) in [6, 6.07) is 10.8. The van der Waals surface area contributed by atoms with Gasteiger partial charge >= 0.3 is 66.3 Å². The van der Waals surface area contributed by atoms with E-state index < -0.39 is 0 Å². The Labute approximate surface area is 66.4 Å². The maximum absolute atomic E-state index is 2.26. The van der Waals surface area contributed by atoms with Crippen molar-refractivity contribution in [2.75, 3.05) is 0 Å². The molecule has 0 nitrogen and oxygen atoms in total. The number of hydrogen-bond acceptors (Lipinski definition) is 0. The van der Waals surface area contributed by atoms with Crippen LogP contribution in [0.2, 0.25) is 4.47 Å². The van der Waals surface area contributed by atoms with Gasteiger partial charge in [0.05, 0.1) is 0 Å². The summed E-state index contributed by atoms with van der Waals surface area (Å²) in [6.07, 6.45) is 0. The first-order valence-electron chi connectivity index (χ1n) is 3.11. The second-order valence-electron chi connectivity index (χ2n) is 1.75. The zero-order chi connectivity index (χ0) is 6.53. The molecule has 0 aromatic heterocycles. The average molecular weight is 234 g/mol. The van der Waals surface area contributed by atoms with Gasteiger partial charge in [0.15, 0.2) is 0 Å². The first-order valence-corrected chi connectivity index (χ1v) is 5.92. The van der Waals surface area contributed by atoms with Gasteiger partial charge in [-0.2, -0.15) is 0 Å². The van der Waals surface area contributed by atoms with Gasteiger partial charge in [0, 0.05) is 0 Å². The average Bonchev–Trinajstić information content (AvgIpc) is 1.91. The van der Waals surface area contributed by atoms with E-state index in [2.05, 4.69) is 37.3 Å². The molecule has 0 fully saturated rings. The number of rotatable bonds is 2.